The van der Waals surface area contributed by atoms with Crippen LogP contribution in [0.15, 0.2) is 42.5 Å². The van der Waals surface area contributed by atoms with Gasteiger partial charge in [-0.2, -0.15) is 0 Å². The number of carbonyl (C=O) groups excluding carboxylic acids is 1. The van der Waals surface area contributed by atoms with Crippen LogP contribution >= 0.6 is 11.6 Å². The second-order valence-corrected chi connectivity index (χ2v) is 11.6. The highest BCUT2D eigenvalue weighted by Gasteiger charge is 2.44. The van der Waals surface area contributed by atoms with Gasteiger partial charge in [0, 0.05) is 31.0 Å². The molecule has 0 radical (unpaired) electrons. The Labute approximate surface area is 233 Å². The van der Waals surface area contributed by atoms with E-state index in [1.807, 2.05) is 45.0 Å². The zero-order valence-electron chi connectivity index (χ0n) is 22.5. The Morgan fingerprint density at radius 2 is 1.69 bits per heavy atom. The molecule has 0 saturated carbocycles. The Balaban J connectivity index is 1.35. The van der Waals surface area contributed by atoms with Gasteiger partial charge in [0.1, 0.15) is 48.0 Å². The number of hydrogen-bond donors (Lipinski definition) is 4. The van der Waals surface area contributed by atoms with Crippen molar-refractivity contribution < 1.29 is 39.4 Å². The average Bonchev–Trinajstić information content (AvgIpc) is 2.89. The molecule has 2 aromatic rings. The minimum Gasteiger partial charge on any atom is -0.490 e. The number of aliphatic hydroxyl groups is 4. The van der Waals surface area contributed by atoms with Gasteiger partial charge < -0.3 is 39.5 Å². The van der Waals surface area contributed by atoms with Crippen molar-refractivity contribution in [3.8, 4) is 5.75 Å². The molecule has 0 spiro atoms. The summed E-state index contributed by atoms with van der Waals surface area (Å²) in [5.41, 5.74) is 1.87. The van der Waals surface area contributed by atoms with Crippen LogP contribution in [0.2, 0.25) is 5.02 Å². The van der Waals surface area contributed by atoms with Gasteiger partial charge in [-0.1, -0.05) is 35.9 Å². The van der Waals surface area contributed by atoms with Gasteiger partial charge in [-0.15, -0.1) is 0 Å². The van der Waals surface area contributed by atoms with E-state index in [1.54, 1.807) is 23.1 Å². The Morgan fingerprint density at radius 3 is 2.31 bits per heavy atom. The van der Waals surface area contributed by atoms with Crippen LogP contribution < -0.4 is 4.74 Å². The molecule has 9 nitrogen and oxygen atoms in total. The fourth-order valence-electron chi connectivity index (χ4n) is 4.87. The second kappa shape index (κ2) is 12.4. The summed E-state index contributed by atoms with van der Waals surface area (Å²) in [6.07, 6.45) is -4.44. The summed E-state index contributed by atoms with van der Waals surface area (Å²) in [5, 5.41) is 40.7. The quantitative estimate of drug-likeness (QED) is 0.422. The predicted octanol–water partition coefficient (Wildman–Crippen LogP) is 3.22. The lowest BCUT2D eigenvalue weighted by atomic mass is 9.90. The van der Waals surface area contributed by atoms with Gasteiger partial charge in [-0.05, 0) is 62.1 Å². The third-order valence-corrected chi connectivity index (χ3v) is 7.37. The Hall–Kier alpha value is -2.40. The molecule has 214 valence electrons. The minimum atomic E-state index is -1.45. The lowest BCUT2D eigenvalue weighted by molar-refractivity contribution is -0.231. The largest absolute Gasteiger partial charge is 0.490 e. The molecular formula is C29H38ClNO8. The summed E-state index contributed by atoms with van der Waals surface area (Å²) >= 11 is 6.46. The monoisotopic (exact) mass is 563 g/mol. The zero-order valence-corrected chi connectivity index (χ0v) is 23.3. The van der Waals surface area contributed by atoms with Gasteiger partial charge in [-0.3, -0.25) is 0 Å². The first-order chi connectivity index (χ1) is 18.4. The van der Waals surface area contributed by atoms with E-state index in [-0.39, 0.29) is 12.2 Å². The topological polar surface area (TPSA) is 129 Å². The molecule has 0 aliphatic carbocycles. The summed E-state index contributed by atoms with van der Waals surface area (Å²) in [7, 11) is 0. The van der Waals surface area contributed by atoms with Crippen LogP contribution in [-0.2, 0) is 15.9 Å². The molecule has 10 heteroatoms. The summed E-state index contributed by atoms with van der Waals surface area (Å²) in [6, 6.07) is 12.9. The van der Waals surface area contributed by atoms with E-state index in [9.17, 15) is 25.2 Å². The van der Waals surface area contributed by atoms with Crippen molar-refractivity contribution in [2.45, 2.75) is 82.3 Å². The number of benzene rings is 2. The summed E-state index contributed by atoms with van der Waals surface area (Å²) in [4.78, 5) is 14.0. The maximum atomic E-state index is 12.3. The molecule has 2 aliphatic rings. The standard InChI is InChI=1S/C29H38ClNO8/c1-29(2,3)39-28(36)31-12-10-21(11-13-31)37-20-7-4-17(5-8-20)14-19-15-18(6-9-22(19)30)27-26(35)25(34)24(33)23(16-32)38-27/h4-9,15,21,23-27,32-35H,10-14,16H2,1-3H3/t23-,24-,25+,26-,27+/m1/s1. The molecule has 5 atom stereocenters. The van der Waals surface area contributed by atoms with Crippen LogP contribution in [0.1, 0.15) is 56.4 Å². The van der Waals surface area contributed by atoms with Crippen LogP contribution in [0.5, 0.6) is 5.75 Å². The molecule has 0 unspecified atom stereocenters. The Kier molecular flexibility index (Phi) is 9.41. The Morgan fingerprint density at radius 1 is 1.03 bits per heavy atom. The predicted molar refractivity (Wildman–Crippen MR) is 145 cm³/mol. The number of carbonyl (C=O) groups is 1. The number of aliphatic hydroxyl groups excluding tert-OH is 4. The molecule has 1 amide bonds. The van der Waals surface area contributed by atoms with Gasteiger partial charge in [0.25, 0.3) is 0 Å². The lowest BCUT2D eigenvalue weighted by Gasteiger charge is -2.40. The van der Waals surface area contributed by atoms with Gasteiger partial charge >= 0.3 is 6.09 Å². The van der Waals surface area contributed by atoms with E-state index < -0.39 is 42.7 Å². The third kappa shape index (κ3) is 7.42. The zero-order chi connectivity index (χ0) is 28.3. The normalized spacial score (nSPS) is 26.4. The highest BCUT2D eigenvalue weighted by atomic mass is 35.5. The fraction of sp³-hybridized carbons (Fsp3) is 0.552. The number of piperidine rings is 1. The van der Waals surface area contributed by atoms with Gasteiger partial charge in [0.05, 0.1) is 6.61 Å². The first kappa shape index (κ1) is 29.6. The smallest absolute Gasteiger partial charge is 0.410 e. The number of rotatable bonds is 6. The van der Waals surface area contributed by atoms with Crippen molar-refractivity contribution in [2.75, 3.05) is 19.7 Å². The molecular weight excluding hydrogens is 526 g/mol. The van der Waals surface area contributed by atoms with Crippen LogP contribution in [0.25, 0.3) is 0 Å². The Bertz CT molecular complexity index is 1110. The van der Waals surface area contributed by atoms with Crippen molar-refractivity contribution in [1.82, 2.24) is 4.90 Å². The number of amides is 1. The number of ether oxygens (including phenoxy) is 3. The number of nitrogens with zero attached hydrogens (tertiary/aromatic N) is 1. The lowest BCUT2D eigenvalue weighted by Crippen LogP contribution is -2.55. The summed E-state index contributed by atoms with van der Waals surface area (Å²) < 4.78 is 17.3. The van der Waals surface area contributed by atoms with Crippen molar-refractivity contribution >= 4 is 17.7 Å². The van der Waals surface area contributed by atoms with Gasteiger partial charge in [0.2, 0.25) is 0 Å². The number of hydrogen-bond acceptors (Lipinski definition) is 8. The highest BCUT2D eigenvalue weighted by molar-refractivity contribution is 6.31. The van der Waals surface area contributed by atoms with Crippen LogP contribution in [0.4, 0.5) is 4.79 Å². The van der Waals surface area contributed by atoms with Crippen LogP contribution in [0.3, 0.4) is 0 Å². The average molecular weight is 564 g/mol. The molecule has 2 saturated heterocycles. The van der Waals surface area contributed by atoms with Crippen molar-refractivity contribution in [3.05, 3.63) is 64.2 Å². The number of halogens is 1. The van der Waals surface area contributed by atoms with E-state index in [0.29, 0.717) is 30.1 Å². The number of likely N-dealkylation sites (tertiary alicyclic amines) is 1. The first-order valence-corrected chi connectivity index (χ1v) is 13.7. The summed E-state index contributed by atoms with van der Waals surface area (Å²) in [6.45, 7) is 6.25. The molecule has 2 aliphatic heterocycles. The summed E-state index contributed by atoms with van der Waals surface area (Å²) in [5.74, 6) is 0.746. The second-order valence-electron chi connectivity index (χ2n) is 11.2. The van der Waals surface area contributed by atoms with Crippen molar-refractivity contribution in [3.63, 3.8) is 0 Å². The molecule has 4 N–H and O–H groups in total. The molecule has 0 bridgehead atoms. The van der Waals surface area contributed by atoms with E-state index in [0.717, 1.165) is 29.7 Å². The molecule has 2 aromatic carbocycles. The fourth-order valence-corrected chi connectivity index (χ4v) is 5.05. The van der Waals surface area contributed by atoms with Crippen molar-refractivity contribution in [1.29, 1.82) is 0 Å². The molecule has 2 fully saturated rings. The van der Waals surface area contributed by atoms with Gasteiger partial charge in [-0.25, -0.2) is 4.79 Å². The van der Waals surface area contributed by atoms with Gasteiger partial charge in [0.15, 0.2) is 0 Å². The highest BCUT2D eigenvalue weighted by Crippen LogP contribution is 2.34. The minimum absolute atomic E-state index is 0.0131. The maximum Gasteiger partial charge on any atom is 0.410 e. The van der Waals surface area contributed by atoms with E-state index in [4.69, 9.17) is 25.8 Å². The van der Waals surface area contributed by atoms with E-state index in [1.165, 1.54) is 0 Å². The molecule has 4 rings (SSSR count). The molecule has 2 heterocycles. The van der Waals surface area contributed by atoms with Crippen LogP contribution in [-0.4, -0.2) is 87.2 Å². The first-order valence-electron chi connectivity index (χ1n) is 13.3. The van der Waals surface area contributed by atoms with Crippen LogP contribution in [0, 0.1) is 0 Å². The molecule has 39 heavy (non-hydrogen) atoms. The maximum absolute atomic E-state index is 12.3. The van der Waals surface area contributed by atoms with Crippen molar-refractivity contribution in [2.24, 2.45) is 0 Å². The SMILES string of the molecule is CC(C)(C)OC(=O)N1CCC(Oc2ccc(Cc3cc([C@@H]4O[C@H](CO)[C@@H](O)[C@H](O)[C@H]4O)ccc3Cl)cc2)CC1. The van der Waals surface area contributed by atoms with E-state index in [2.05, 4.69) is 0 Å². The third-order valence-electron chi connectivity index (χ3n) is 7.00. The van der Waals surface area contributed by atoms with E-state index >= 15 is 0 Å². The molecule has 0 aromatic heterocycles.